The lowest BCUT2D eigenvalue weighted by molar-refractivity contribution is 0.587. The van der Waals surface area contributed by atoms with E-state index in [0.29, 0.717) is 0 Å². The summed E-state index contributed by atoms with van der Waals surface area (Å²) < 4.78 is 3.73. The zero-order chi connectivity index (χ0) is 17.5. The first kappa shape index (κ1) is 17.2. The molecule has 1 nitrogen and oxygen atoms in total. The Balaban J connectivity index is 1.84. The van der Waals surface area contributed by atoms with Crippen LogP contribution in [0.2, 0.25) is 0 Å². The fourth-order valence-corrected chi connectivity index (χ4v) is 4.89. The number of fused-ring (bicyclic) bond motifs is 1. The quantitative estimate of drug-likeness (QED) is 0.583. The summed E-state index contributed by atoms with van der Waals surface area (Å²) in [4.78, 5) is 1.44. The molecule has 1 heterocycles. The minimum absolute atomic E-state index is 0.176. The Labute approximate surface area is 149 Å². The molecule has 0 spiro atoms. The topological polar surface area (TPSA) is 12.0 Å². The number of hydrogen-bond donors (Lipinski definition) is 2. The van der Waals surface area contributed by atoms with Crippen LogP contribution < -0.4 is 4.72 Å². The maximum atomic E-state index is 3.73. The summed E-state index contributed by atoms with van der Waals surface area (Å²) >= 11 is -0.469. The van der Waals surface area contributed by atoms with E-state index in [2.05, 4.69) is 100 Å². The molecule has 2 heteroatoms. The summed E-state index contributed by atoms with van der Waals surface area (Å²) in [6.45, 7) is 13.6. The van der Waals surface area contributed by atoms with Gasteiger partial charge in [-0.3, -0.25) is 0 Å². The Morgan fingerprint density at radius 2 is 1.46 bits per heavy atom. The maximum absolute atomic E-state index is 3.73. The molecule has 0 bridgehead atoms. The number of benzene rings is 2. The van der Waals surface area contributed by atoms with Gasteiger partial charge in [-0.05, 0) is 57.2 Å². The van der Waals surface area contributed by atoms with E-state index in [1.165, 1.54) is 27.3 Å². The first-order chi connectivity index (χ1) is 11.2. The van der Waals surface area contributed by atoms with E-state index in [1.807, 2.05) is 0 Å². The minimum atomic E-state index is -0.469. The smallest absolute Gasteiger partial charge is 0.0430 e. The second kappa shape index (κ2) is 6.00. The lowest BCUT2D eigenvalue weighted by Crippen LogP contribution is -2.13. The standard InChI is InChI=1S/C22H29NS/c1-21(2,3)16-10-12-17(13-11-16)23-24-15-14-18-19(22(4,5)6)8-7-9-20(18)24/h7-15,23-24H,1-6H3. The fraction of sp³-hybridized carbons (Fsp3) is 0.364. The van der Waals surface area contributed by atoms with Gasteiger partial charge in [0.25, 0.3) is 0 Å². The average molecular weight is 340 g/mol. The van der Waals surface area contributed by atoms with Crippen molar-refractivity contribution in [2.24, 2.45) is 0 Å². The number of hydrogen-bond acceptors (Lipinski definition) is 1. The molecule has 0 aromatic heterocycles. The van der Waals surface area contributed by atoms with Gasteiger partial charge in [-0.1, -0.05) is 65.8 Å². The van der Waals surface area contributed by atoms with Gasteiger partial charge in [-0.15, -0.1) is 11.1 Å². The molecule has 0 fully saturated rings. The van der Waals surface area contributed by atoms with Crippen molar-refractivity contribution >= 4 is 22.8 Å². The van der Waals surface area contributed by atoms with Gasteiger partial charge in [-0.2, -0.15) is 0 Å². The van der Waals surface area contributed by atoms with Crippen LogP contribution in [0.3, 0.4) is 0 Å². The molecule has 0 amide bonds. The van der Waals surface area contributed by atoms with Crippen LogP contribution in [0.4, 0.5) is 5.69 Å². The van der Waals surface area contributed by atoms with Crippen LogP contribution in [-0.2, 0) is 10.8 Å². The van der Waals surface area contributed by atoms with E-state index >= 15 is 0 Å². The molecule has 0 saturated carbocycles. The third kappa shape index (κ3) is 3.39. The molecule has 1 unspecified atom stereocenters. The van der Waals surface area contributed by atoms with E-state index in [0.717, 1.165) is 0 Å². The van der Waals surface area contributed by atoms with Gasteiger partial charge in [0.15, 0.2) is 0 Å². The zero-order valence-electron chi connectivity index (χ0n) is 15.6. The van der Waals surface area contributed by atoms with Crippen molar-refractivity contribution < 1.29 is 0 Å². The van der Waals surface area contributed by atoms with Crippen molar-refractivity contribution in [2.75, 3.05) is 4.72 Å². The molecule has 1 atom stereocenters. The lowest BCUT2D eigenvalue weighted by Gasteiger charge is -2.25. The Morgan fingerprint density at radius 3 is 2.04 bits per heavy atom. The van der Waals surface area contributed by atoms with Crippen LogP contribution >= 0.6 is 11.1 Å². The van der Waals surface area contributed by atoms with E-state index in [-0.39, 0.29) is 10.8 Å². The molecule has 0 radical (unpaired) electrons. The molecule has 0 saturated heterocycles. The largest absolute Gasteiger partial charge is 0.342 e. The van der Waals surface area contributed by atoms with Gasteiger partial charge in [0.05, 0.1) is 0 Å². The molecule has 128 valence electrons. The van der Waals surface area contributed by atoms with Crippen LogP contribution in [-0.4, -0.2) is 0 Å². The van der Waals surface area contributed by atoms with E-state index < -0.39 is 11.1 Å². The summed E-state index contributed by atoms with van der Waals surface area (Å²) in [6, 6.07) is 15.6. The molecule has 0 aliphatic carbocycles. The van der Waals surface area contributed by atoms with Crippen LogP contribution in [0.1, 0.15) is 58.2 Å². The van der Waals surface area contributed by atoms with Crippen molar-refractivity contribution in [1.29, 1.82) is 0 Å². The van der Waals surface area contributed by atoms with Crippen molar-refractivity contribution in [3.8, 4) is 0 Å². The van der Waals surface area contributed by atoms with Gasteiger partial charge in [0.1, 0.15) is 0 Å². The summed E-state index contributed by atoms with van der Waals surface area (Å²) in [5, 5.41) is 2.34. The maximum Gasteiger partial charge on any atom is 0.0430 e. The minimum Gasteiger partial charge on any atom is -0.342 e. The molecule has 2 aromatic carbocycles. The Kier molecular flexibility index (Phi) is 4.29. The summed E-state index contributed by atoms with van der Waals surface area (Å²) in [5.41, 5.74) is 5.80. The molecule has 24 heavy (non-hydrogen) atoms. The van der Waals surface area contributed by atoms with Crippen LogP contribution in [0, 0.1) is 0 Å². The predicted octanol–water partition coefficient (Wildman–Crippen LogP) is 6.65. The van der Waals surface area contributed by atoms with Gasteiger partial charge in [-0.25, -0.2) is 0 Å². The van der Waals surface area contributed by atoms with Crippen molar-refractivity contribution in [1.82, 2.24) is 0 Å². The highest BCUT2D eigenvalue weighted by molar-refractivity contribution is 8.21. The van der Waals surface area contributed by atoms with Crippen LogP contribution in [0.25, 0.3) is 6.08 Å². The predicted molar refractivity (Wildman–Crippen MR) is 110 cm³/mol. The highest BCUT2D eigenvalue weighted by atomic mass is 32.2. The summed E-state index contributed by atoms with van der Waals surface area (Å²) in [5.74, 6) is 0. The van der Waals surface area contributed by atoms with E-state index in [1.54, 1.807) is 0 Å². The van der Waals surface area contributed by atoms with Crippen molar-refractivity contribution in [2.45, 2.75) is 57.3 Å². The van der Waals surface area contributed by atoms with Gasteiger partial charge >= 0.3 is 0 Å². The molecular weight excluding hydrogens is 310 g/mol. The Morgan fingerprint density at radius 1 is 0.792 bits per heavy atom. The molecule has 2 aromatic rings. The number of rotatable bonds is 2. The summed E-state index contributed by atoms with van der Waals surface area (Å²) in [7, 11) is 0. The third-order valence-corrected chi connectivity index (χ3v) is 6.40. The highest BCUT2D eigenvalue weighted by Gasteiger charge is 2.23. The number of thiol groups is 1. The van der Waals surface area contributed by atoms with Crippen LogP contribution in [0.15, 0.2) is 52.8 Å². The second-order valence-electron chi connectivity index (χ2n) is 8.61. The zero-order valence-corrected chi connectivity index (χ0v) is 16.5. The molecule has 1 aliphatic heterocycles. The molecule has 3 rings (SSSR count). The van der Waals surface area contributed by atoms with Gasteiger partial charge in [0.2, 0.25) is 0 Å². The van der Waals surface area contributed by atoms with Crippen LogP contribution in [0.5, 0.6) is 0 Å². The monoisotopic (exact) mass is 339 g/mol. The first-order valence-electron chi connectivity index (χ1n) is 8.64. The van der Waals surface area contributed by atoms with Gasteiger partial charge < -0.3 is 4.72 Å². The van der Waals surface area contributed by atoms with Crippen molar-refractivity contribution in [3.63, 3.8) is 0 Å². The van der Waals surface area contributed by atoms with E-state index in [9.17, 15) is 0 Å². The Bertz CT molecular complexity index is 758. The van der Waals surface area contributed by atoms with Crippen molar-refractivity contribution in [3.05, 3.63) is 64.6 Å². The number of anilines is 1. The summed E-state index contributed by atoms with van der Waals surface area (Å²) in [6.07, 6.45) is 2.30. The van der Waals surface area contributed by atoms with E-state index in [4.69, 9.17) is 0 Å². The first-order valence-corrected chi connectivity index (χ1v) is 10.1. The number of nitrogens with one attached hydrogen (secondary N) is 1. The molecule has 1 N–H and O–H groups in total. The third-order valence-electron chi connectivity index (χ3n) is 4.54. The highest BCUT2D eigenvalue weighted by Crippen LogP contribution is 2.48. The fourth-order valence-electron chi connectivity index (χ4n) is 3.10. The molecule has 1 aliphatic rings. The van der Waals surface area contributed by atoms with Gasteiger partial charge in [0, 0.05) is 10.6 Å². The molecular formula is C22H29NS. The lowest BCUT2D eigenvalue weighted by atomic mass is 9.84. The second-order valence-corrected chi connectivity index (χ2v) is 10.4. The average Bonchev–Trinajstić information content (AvgIpc) is 2.89. The normalized spacial score (nSPS) is 18.5. The SMILES string of the molecule is CC(C)(C)c1ccc(N[SH]2C=Cc3c2cccc3C(C)(C)C)cc1. The Hall–Kier alpha value is -1.67.